The SMILES string of the molecule is CC[C@H](C)[C@@H](NC(=O)[C@@H](NC(=O)OC(C)(C)C)[C@@H](C)OC(=O)[C@H](Cc1ccc(OC)cc1)NC)[C@@H](O)CC(=O)NC(C)(C)C(=O)N[C@@H](CC(C)C)C(=O)N1CCC[C@H]1C(=O)O. The van der Waals surface area contributed by atoms with Crippen LogP contribution in [0, 0.1) is 11.8 Å². The van der Waals surface area contributed by atoms with Crippen LogP contribution < -0.4 is 31.3 Å². The third-order valence-electron chi connectivity index (χ3n) is 10.5. The highest BCUT2D eigenvalue weighted by Crippen LogP contribution is 2.22. The van der Waals surface area contributed by atoms with Gasteiger partial charge in [0.15, 0.2) is 0 Å². The van der Waals surface area contributed by atoms with Gasteiger partial charge in [-0.25, -0.2) is 9.59 Å². The Hall–Kier alpha value is -4.97. The van der Waals surface area contributed by atoms with E-state index >= 15 is 0 Å². The molecule has 1 saturated heterocycles. The van der Waals surface area contributed by atoms with Crippen molar-refractivity contribution in [3.8, 4) is 5.75 Å². The molecule has 2 rings (SSSR count). The molecule has 1 aliphatic heterocycles. The van der Waals surface area contributed by atoms with E-state index in [1.54, 1.807) is 66.1 Å². The maximum absolute atomic E-state index is 14.1. The first-order chi connectivity index (χ1) is 28.3. The summed E-state index contributed by atoms with van der Waals surface area (Å²) in [5.74, 6) is -4.40. The lowest BCUT2D eigenvalue weighted by molar-refractivity contribution is -0.153. The molecule has 1 aromatic carbocycles. The molecule has 0 spiro atoms. The van der Waals surface area contributed by atoms with Crippen LogP contribution in [0.3, 0.4) is 0 Å². The Balaban J connectivity index is 2.25. The molecule has 8 atom stereocenters. The Bertz CT molecular complexity index is 1660. The van der Waals surface area contributed by atoms with E-state index in [1.807, 2.05) is 20.8 Å². The minimum absolute atomic E-state index is 0.0370. The normalized spacial score (nSPS) is 17.7. The van der Waals surface area contributed by atoms with Gasteiger partial charge < -0.3 is 55.9 Å². The number of methoxy groups -OCH3 is 1. The fraction of sp³-hybridized carbons (Fsp3) is 0.698. The lowest BCUT2D eigenvalue weighted by Crippen LogP contribution is -2.61. The molecule has 0 aliphatic carbocycles. The van der Waals surface area contributed by atoms with Crippen molar-refractivity contribution >= 4 is 41.7 Å². The predicted octanol–water partition coefficient (Wildman–Crippen LogP) is 2.43. The van der Waals surface area contributed by atoms with Crippen LogP contribution >= 0.6 is 0 Å². The molecule has 1 fully saturated rings. The van der Waals surface area contributed by atoms with Crippen LogP contribution in [-0.4, -0.2) is 131 Å². The van der Waals surface area contributed by atoms with Gasteiger partial charge >= 0.3 is 18.0 Å². The molecule has 18 nitrogen and oxygen atoms in total. The van der Waals surface area contributed by atoms with Crippen LogP contribution in [0.15, 0.2) is 24.3 Å². The fourth-order valence-electron chi connectivity index (χ4n) is 6.88. The number of rotatable bonds is 22. The number of aliphatic carboxylic acids is 1. The number of nitrogens with zero attached hydrogens (tertiary/aromatic N) is 1. The van der Waals surface area contributed by atoms with Gasteiger partial charge in [-0.2, -0.15) is 0 Å². The third kappa shape index (κ3) is 16.4. The van der Waals surface area contributed by atoms with Crippen molar-refractivity contribution in [1.82, 2.24) is 31.5 Å². The topological polar surface area (TPSA) is 251 Å². The monoisotopic (exact) mass is 863 g/mol. The number of likely N-dealkylation sites (tertiary alicyclic amines) is 1. The van der Waals surface area contributed by atoms with Crippen molar-refractivity contribution in [3.63, 3.8) is 0 Å². The van der Waals surface area contributed by atoms with E-state index in [2.05, 4.69) is 26.6 Å². The highest BCUT2D eigenvalue weighted by atomic mass is 16.6. The molecular weight excluding hydrogens is 793 g/mol. The maximum atomic E-state index is 14.1. The fourth-order valence-corrected chi connectivity index (χ4v) is 6.88. The van der Waals surface area contributed by atoms with Gasteiger partial charge in [0.05, 0.1) is 25.7 Å². The van der Waals surface area contributed by atoms with Gasteiger partial charge in [-0.05, 0) is 104 Å². The first-order valence-electron chi connectivity index (χ1n) is 21.0. The maximum Gasteiger partial charge on any atom is 0.408 e. The summed E-state index contributed by atoms with van der Waals surface area (Å²) in [6.45, 7) is 16.8. The zero-order valence-electron chi connectivity index (χ0n) is 37.9. The summed E-state index contributed by atoms with van der Waals surface area (Å²) < 4.78 is 16.4. The number of benzene rings is 1. The molecular formula is C43H70N6O12. The lowest BCUT2D eigenvalue weighted by atomic mass is 9.91. The minimum Gasteiger partial charge on any atom is -0.497 e. The lowest BCUT2D eigenvalue weighted by Gasteiger charge is -2.34. The Kier molecular flexibility index (Phi) is 19.9. The molecule has 0 radical (unpaired) electrons. The smallest absolute Gasteiger partial charge is 0.408 e. The number of aliphatic hydroxyl groups is 1. The van der Waals surface area contributed by atoms with Crippen LogP contribution in [0.1, 0.15) is 107 Å². The number of likely N-dealkylation sites (N-methyl/N-ethyl adjacent to an activating group) is 1. The largest absolute Gasteiger partial charge is 0.497 e. The number of amides is 5. The number of aliphatic hydroxyl groups excluding tert-OH is 1. The molecule has 1 aromatic rings. The summed E-state index contributed by atoms with van der Waals surface area (Å²) in [5.41, 5.74) is -1.71. The summed E-state index contributed by atoms with van der Waals surface area (Å²) in [7, 11) is 3.13. The van der Waals surface area contributed by atoms with Crippen molar-refractivity contribution in [1.29, 1.82) is 0 Å². The number of hydrogen-bond donors (Lipinski definition) is 7. The Morgan fingerprint density at radius 1 is 0.918 bits per heavy atom. The molecule has 61 heavy (non-hydrogen) atoms. The van der Waals surface area contributed by atoms with E-state index < -0.39 is 108 Å². The number of carboxylic acid groups (broad SMARTS) is 1. The third-order valence-corrected chi connectivity index (χ3v) is 10.5. The second-order valence-corrected chi connectivity index (χ2v) is 17.7. The summed E-state index contributed by atoms with van der Waals surface area (Å²) in [4.78, 5) is 94.1. The average Bonchev–Trinajstić information content (AvgIpc) is 3.66. The number of hydrogen-bond acceptors (Lipinski definition) is 12. The van der Waals surface area contributed by atoms with E-state index in [0.29, 0.717) is 25.0 Å². The summed E-state index contributed by atoms with van der Waals surface area (Å²) in [6, 6.07) is 1.72. The van der Waals surface area contributed by atoms with Crippen molar-refractivity contribution in [2.45, 2.75) is 161 Å². The van der Waals surface area contributed by atoms with Gasteiger partial charge in [-0.15, -0.1) is 0 Å². The summed E-state index contributed by atoms with van der Waals surface area (Å²) >= 11 is 0. The van der Waals surface area contributed by atoms with Crippen LogP contribution in [0.25, 0.3) is 0 Å². The van der Waals surface area contributed by atoms with Crippen LogP contribution in [-0.2, 0) is 44.7 Å². The number of carbonyl (C=O) groups is 7. The number of esters is 1. The van der Waals surface area contributed by atoms with Gasteiger partial charge in [0.2, 0.25) is 23.6 Å². The second kappa shape index (κ2) is 23.3. The van der Waals surface area contributed by atoms with Gasteiger partial charge in [-0.1, -0.05) is 46.2 Å². The van der Waals surface area contributed by atoms with Gasteiger partial charge in [0.1, 0.15) is 47.2 Å². The molecule has 0 unspecified atom stereocenters. The molecule has 0 bridgehead atoms. The molecule has 0 aromatic heterocycles. The quantitative estimate of drug-likeness (QED) is 0.0829. The van der Waals surface area contributed by atoms with E-state index in [1.165, 1.54) is 25.7 Å². The highest BCUT2D eigenvalue weighted by molar-refractivity contribution is 5.95. The van der Waals surface area contributed by atoms with Crippen molar-refractivity contribution < 1.29 is 58.0 Å². The number of carboxylic acids is 1. The van der Waals surface area contributed by atoms with Crippen molar-refractivity contribution in [2.75, 3.05) is 20.7 Å². The number of carbonyl (C=O) groups excluding carboxylic acids is 6. The molecule has 1 heterocycles. The van der Waals surface area contributed by atoms with Crippen LogP contribution in [0.4, 0.5) is 4.79 Å². The van der Waals surface area contributed by atoms with Gasteiger partial charge in [-0.3, -0.25) is 24.0 Å². The van der Waals surface area contributed by atoms with Gasteiger partial charge in [0, 0.05) is 6.54 Å². The molecule has 7 N–H and O–H groups in total. The van der Waals surface area contributed by atoms with Crippen molar-refractivity contribution in [3.05, 3.63) is 29.8 Å². The van der Waals surface area contributed by atoms with Crippen LogP contribution in [0.5, 0.6) is 5.75 Å². The van der Waals surface area contributed by atoms with E-state index in [4.69, 9.17) is 14.2 Å². The summed E-state index contributed by atoms with van der Waals surface area (Å²) in [6.07, 6.45) is -2.50. The molecule has 0 saturated carbocycles. The Morgan fingerprint density at radius 3 is 2.07 bits per heavy atom. The highest BCUT2D eigenvalue weighted by Gasteiger charge is 2.41. The minimum atomic E-state index is -1.58. The molecule has 344 valence electrons. The van der Waals surface area contributed by atoms with Gasteiger partial charge in [0.25, 0.3) is 0 Å². The zero-order valence-corrected chi connectivity index (χ0v) is 37.9. The number of alkyl carbamates (subject to hydrolysis) is 1. The summed E-state index contributed by atoms with van der Waals surface area (Å²) in [5, 5.41) is 34.6. The van der Waals surface area contributed by atoms with E-state index in [9.17, 15) is 43.8 Å². The number of nitrogens with one attached hydrogen (secondary N) is 5. The first-order valence-corrected chi connectivity index (χ1v) is 21.0. The van der Waals surface area contributed by atoms with Crippen LogP contribution in [0.2, 0.25) is 0 Å². The molecule has 1 aliphatic rings. The molecule has 5 amide bonds. The van der Waals surface area contributed by atoms with E-state index in [-0.39, 0.29) is 25.3 Å². The second-order valence-electron chi connectivity index (χ2n) is 17.7. The average molecular weight is 863 g/mol. The standard InChI is InChI=1S/C43H70N6O12/c1-13-25(4)34(32(50)23-33(51)48-43(9,10)40(57)45-29(21-24(2)3)37(53)49-20-14-15-31(49)38(54)55)46-36(52)35(47-41(58)61-42(6,7)8)26(5)60-39(56)30(44-11)22-27-16-18-28(59-12)19-17-27/h16-19,24-26,29-32,34-35,44,50H,13-15,20-23H2,1-12H3,(H,45,57)(H,46,52)(H,47,58)(H,48,51)(H,54,55)/t25-,26+,29-,30-,31-,32-,34+,35-/m0/s1. The Morgan fingerprint density at radius 2 is 1.54 bits per heavy atom. The number of ether oxygens (including phenoxy) is 3. The Labute approximate surface area is 359 Å². The molecule has 18 heteroatoms. The first kappa shape index (κ1) is 52.2. The van der Waals surface area contributed by atoms with E-state index in [0.717, 1.165) is 5.56 Å². The van der Waals surface area contributed by atoms with Crippen molar-refractivity contribution in [2.24, 2.45) is 11.8 Å². The predicted molar refractivity (Wildman–Crippen MR) is 226 cm³/mol. The zero-order chi connectivity index (χ0) is 46.4.